The smallest absolute Gasteiger partial charge is 0.239 e. The van der Waals surface area contributed by atoms with Crippen LogP contribution >= 0.6 is 0 Å². The minimum atomic E-state index is -0.224. The molecule has 1 N–H and O–H groups in total. The lowest BCUT2D eigenvalue weighted by Gasteiger charge is -2.34. The van der Waals surface area contributed by atoms with Crippen molar-refractivity contribution in [2.24, 2.45) is 5.92 Å². The van der Waals surface area contributed by atoms with Crippen LogP contribution in [-0.4, -0.2) is 60.2 Å². The molecule has 0 saturated carbocycles. The number of hydrogen-bond donors (Lipinski definition) is 1. The number of carbonyl (C=O) groups excluding carboxylic acids is 3. The first-order valence-corrected chi connectivity index (χ1v) is 9.42. The molecule has 1 unspecified atom stereocenters. The first-order chi connectivity index (χ1) is 12.5. The summed E-state index contributed by atoms with van der Waals surface area (Å²) < 4.78 is 0. The summed E-state index contributed by atoms with van der Waals surface area (Å²) in [7, 11) is 0. The number of hydrogen-bond acceptors (Lipinski definition) is 3. The van der Waals surface area contributed by atoms with Gasteiger partial charge in [0.2, 0.25) is 17.7 Å². The number of likely N-dealkylation sites (N-methyl/N-ethyl adjacent to an activating group) is 2. The van der Waals surface area contributed by atoms with Crippen molar-refractivity contribution in [3.8, 4) is 0 Å². The van der Waals surface area contributed by atoms with Gasteiger partial charge in [0, 0.05) is 26.2 Å². The molecule has 1 fully saturated rings. The van der Waals surface area contributed by atoms with Gasteiger partial charge in [-0.25, -0.2) is 0 Å². The molecule has 1 aromatic rings. The first-order valence-electron chi connectivity index (χ1n) is 9.42. The Hall–Kier alpha value is -2.37. The van der Waals surface area contributed by atoms with Gasteiger partial charge in [-0.1, -0.05) is 30.3 Å². The quantitative estimate of drug-likeness (QED) is 0.801. The van der Waals surface area contributed by atoms with Crippen molar-refractivity contribution in [1.29, 1.82) is 0 Å². The summed E-state index contributed by atoms with van der Waals surface area (Å²) in [5, 5.41) is 2.73. The Morgan fingerprint density at radius 1 is 1.19 bits per heavy atom. The van der Waals surface area contributed by atoms with Gasteiger partial charge in [0.15, 0.2) is 0 Å². The molecular weight excluding hydrogens is 330 g/mol. The molecule has 142 valence electrons. The van der Waals surface area contributed by atoms with E-state index < -0.39 is 0 Å². The molecule has 0 aromatic heterocycles. The summed E-state index contributed by atoms with van der Waals surface area (Å²) in [6.45, 7) is 5.98. The van der Waals surface area contributed by atoms with Crippen LogP contribution in [0.3, 0.4) is 0 Å². The van der Waals surface area contributed by atoms with Crippen LogP contribution in [0.5, 0.6) is 0 Å². The molecule has 1 heterocycles. The fourth-order valence-corrected chi connectivity index (χ4v) is 3.32. The van der Waals surface area contributed by atoms with Crippen molar-refractivity contribution in [3.63, 3.8) is 0 Å². The Labute approximate surface area is 155 Å². The Morgan fingerprint density at radius 3 is 2.58 bits per heavy atom. The lowest BCUT2D eigenvalue weighted by Crippen LogP contribution is -2.49. The summed E-state index contributed by atoms with van der Waals surface area (Å²) in [5.41, 5.74) is 0.984. The Morgan fingerprint density at radius 2 is 1.92 bits per heavy atom. The minimum absolute atomic E-state index is 0.0315. The second-order valence-electron chi connectivity index (χ2n) is 6.65. The van der Waals surface area contributed by atoms with E-state index in [-0.39, 0.29) is 30.2 Å². The average molecular weight is 359 g/mol. The van der Waals surface area contributed by atoms with E-state index in [0.717, 1.165) is 18.4 Å². The molecule has 0 aliphatic carbocycles. The fourth-order valence-electron chi connectivity index (χ4n) is 3.32. The van der Waals surface area contributed by atoms with Crippen LogP contribution in [0, 0.1) is 5.92 Å². The minimum Gasteiger partial charge on any atom is -0.355 e. The fraction of sp³-hybridized carbons (Fsp3) is 0.550. The zero-order valence-corrected chi connectivity index (χ0v) is 15.7. The van der Waals surface area contributed by atoms with Gasteiger partial charge in [0.05, 0.1) is 18.9 Å². The van der Waals surface area contributed by atoms with Crippen molar-refractivity contribution in [2.45, 2.75) is 33.1 Å². The molecule has 6 nitrogen and oxygen atoms in total. The van der Waals surface area contributed by atoms with Crippen molar-refractivity contribution in [3.05, 3.63) is 35.9 Å². The van der Waals surface area contributed by atoms with Gasteiger partial charge >= 0.3 is 0 Å². The van der Waals surface area contributed by atoms with Crippen LogP contribution in [0.4, 0.5) is 0 Å². The number of benzene rings is 1. The molecule has 0 spiro atoms. The summed E-state index contributed by atoms with van der Waals surface area (Å²) in [5.74, 6) is -0.343. The maximum Gasteiger partial charge on any atom is 0.239 e. The van der Waals surface area contributed by atoms with Crippen LogP contribution in [0.15, 0.2) is 30.3 Å². The largest absolute Gasteiger partial charge is 0.355 e. The standard InChI is InChI=1S/C20H29N3O3/c1-3-21-18(24)15-22(4-2)20(26)17-11-8-12-23(14-17)19(25)13-16-9-6-5-7-10-16/h5-7,9-10,17H,3-4,8,11-15H2,1-2H3,(H,21,24). The second kappa shape index (κ2) is 9.94. The van der Waals surface area contributed by atoms with Gasteiger partial charge in [-0.3, -0.25) is 14.4 Å². The number of carbonyl (C=O) groups is 3. The topological polar surface area (TPSA) is 69.7 Å². The zero-order valence-electron chi connectivity index (χ0n) is 15.7. The van der Waals surface area contributed by atoms with Crippen molar-refractivity contribution < 1.29 is 14.4 Å². The second-order valence-corrected chi connectivity index (χ2v) is 6.65. The summed E-state index contributed by atoms with van der Waals surface area (Å²) in [4.78, 5) is 40.6. The third kappa shape index (κ3) is 5.58. The van der Waals surface area contributed by atoms with Gasteiger partial charge < -0.3 is 15.1 Å². The third-order valence-corrected chi connectivity index (χ3v) is 4.72. The van der Waals surface area contributed by atoms with E-state index in [0.29, 0.717) is 32.6 Å². The molecule has 1 aromatic carbocycles. The lowest BCUT2D eigenvalue weighted by molar-refractivity contribution is -0.143. The van der Waals surface area contributed by atoms with Crippen molar-refractivity contribution >= 4 is 17.7 Å². The summed E-state index contributed by atoms with van der Waals surface area (Å²) in [6.07, 6.45) is 1.94. The van der Waals surface area contributed by atoms with Crippen LogP contribution in [0.2, 0.25) is 0 Å². The highest BCUT2D eigenvalue weighted by Crippen LogP contribution is 2.20. The molecular formula is C20H29N3O3. The predicted octanol–water partition coefficient (Wildman–Crippen LogP) is 1.45. The summed E-state index contributed by atoms with van der Waals surface area (Å²) in [6, 6.07) is 9.65. The molecule has 1 atom stereocenters. The van der Waals surface area contributed by atoms with Gasteiger partial charge in [-0.15, -0.1) is 0 Å². The molecule has 3 amide bonds. The predicted molar refractivity (Wildman–Crippen MR) is 100 cm³/mol. The Balaban J connectivity index is 1.94. The third-order valence-electron chi connectivity index (χ3n) is 4.72. The number of nitrogens with zero attached hydrogens (tertiary/aromatic N) is 2. The van der Waals surface area contributed by atoms with Gasteiger partial charge in [0.1, 0.15) is 0 Å². The van der Waals surface area contributed by atoms with Gasteiger partial charge in [-0.2, -0.15) is 0 Å². The number of amides is 3. The van der Waals surface area contributed by atoms with E-state index in [2.05, 4.69) is 5.32 Å². The highest BCUT2D eigenvalue weighted by atomic mass is 16.2. The Kier molecular flexibility index (Phi) is 7.63. The zero-order chi connectivity index (χ0) is 18.9. The lowest BCUT2D eigenvalue weighted by atomic mass is 9.95. The van der Waals surface area contributed by atoms with E-state index in [1.165, 1.54) is 0 Å². The molecule has 0 radical (unpaired) electrons. The maximum absolute atomic E-state index is 12.8. The number of nitrogens with one attached hydrogen (secondary N) is 1. The normalized spacial score (nSPS) is 16.8. The molecule has 1 aliphatic rings. The molecule has 1 aliphatic heterocycles. The van der Waals surface area contributed by atoms with E-state index in [1.807, 2.05) is 44.2 Å². The van der Waals surface area contributed by atoms with Crippen molar-refractivity contribution in [2.75, 3.05) is 32.7 Å². The highest BCUT2D eigenvalue weighted by molar-refractivity contribution is 5.86. The van der Waals surface area contributed by atoms with Crippen LogP contribution in [0.25, 0.3) is 0 Å². The monoisotopic (exact) mass is 359 g/mol. The van der Waals surface area contributed by atoms with E-state index >= 15 is 0 Å². The molecule has 26 heavy (non-hydrogen) atoms. The Bertz CT molecular complexity index is 618. The van der Waals surface area contributed by atoms with Gasteiger partial charge in [-0.05, 0) is 32.3 Å². The van der Waals surface area contributed by atoms with E-state index in [9.17, 15) is 14.4 Å². The molecule has 6 heteroatoms. The van der Waals surface area contributed by atoms with E-state index in [4.69, 9.17) is 0 Å². The molecule has 2 rings (SSSR count). The van der Waals surface area contributed by atoms with Gasteiger partial charge in [0.25, 0.3) is 0 Å². The first kappa shape index (κ1) is 19.9. The number of likely N-dealkylation sites (tertiary alicyclic amines) is 1. The van der Waals surface area contributed by atoms with E-state index in [1.54, 1.807) is 9.80 Å². The van der Waals surface area contributed by atoms with Crippen LogP contribution < -0.4 is 5.32 Å². The highest BCUT2D eigenvalue weighted by Gasteiger charge is 2.31. The van der Waals surface area contributed by atoms with Crippen molar-refractivity contribution in [1.82, 2.24) is 15.1 Å². The number of piperidine rings is 1. The van der Waals surface area contributed by atoms with Crippen LogP contribution in [0.1, 0.15) is 32.3 Å². The molecule has 0 bridgehead atoms. The maximum atomic E-state index is 12.8. The molecule has 1 saturated heterocycles. The number of rotatable bonds is 7. The SMILES string of the molecule is CCNC(=O)CN(CC)C(=O)C1CCCN(C(=O)Cc2ccccc2)C1. The van der Waals surface area contributed by atoms with Crippen LogP contribution in [-0.2, 0) is 20.8 Å². The summed E-state index contributed by atoms with van der Waals surface area (Å²) >= 11 is 0. The average Bonchev–Trinajstić information content (AvgIpc) is 2.66.